The first-order chi connectivity index (χ1) is 7.76. The van der Waals surface area contributed by atoms with Crippen LogP contribution in [0.15, 0.2) is 12.7 Å². The van der Waals surface area contributed by atoms with E-state index in [4.69, 9.17) is 9.47 Å². The Morgan fingerprint density at radius 3 is 2.47 bits per heavy atom. The molecule has 5 nitrogen and oxygen atoms in total. The third-order valence-corrected chi connectivity index (χ3v) is 1.66. The quantitative estimate of drug-likeness (QED) is 0.559. The molecule has 5 heteroatoms. The molecule has 0 bridgehead atoms. The summed E-state index contributed by atoms with van der Waals surface area (Å²) in [7, 11) is 0. The van der Waals surface area contributed by atoms with Crippen molar-refractivity contribution in [2.45, 2.75) is 39.3 Å². The van der Waals surface area contributed by atoms with Gasteiger partial charge in [0.2, 0.25) is 0 Å². The van der Waals surface area contributed by atoms with E-state index in [1.807, 2.05) is 20.8 Å². The topological polar surface area (TPSA) is 64.6 Å². The molecule has 0 aromatic heterocycles. The molecular weight excluding hydrogens is 222 g/mol. The van der Waals surface area contributed by atoms with Gasteiger partial charge in [0.1, 0.15) is 0 Å². The van der Waals surface area contributed by atoms with Crippen molar-refractivity contribution >= 4 is 11.9 Å². The van der Waals surface area contributed by atoms with E-state index in [2.05, 4.69) is 11.9 Å². The van der Waals surface area contributed by atoms with Gasteiger partial charge in [-0.2, -0.15) is 0 Å². The minimum absolute atomic E-state index is 0.268. The fourth-order valence-corrected chi connectivity index (χ4v) is 0.989. The number of hydrogen-bond acceptors (Lipinski definition) is 4. The lowest BCUT2D eigenvalue weighted by molar-refractivity contribution is -0.158. The average Bonchev–Trinajstić information content (AvgIpc) is 2.20. The molecule has 98 valence electrons. The second-order valence-electron chi connectivity index (χ2n) is 4.67. The molecule has 0 aromatic rings. The van der Waals surface area contributed by atoms with Gasteiger partial charge in [0, 0.05) is 5.54 Å². The van der Waals surface area contributed by atoms with Crippen molar-refractivity contribution in [3.63, 3.8) is 0 Å². The van der Waals surface area contributed by atoms with Gasteiger partial charge in [-0.05, 0) is 27.7 Å². The summed E-state index contributed by atoms with van der Waals surface area (Å²) >= 11 is 0. The zero-order valence-corrected chi connectivity index (χ0v) is 10.9. The summed E-state index contributed by atoms with van der Waals surface area (Å²) in [6.45, 7) is 10.6. The van der Waals surface area contributed by atoms with E-state index in [-0.39, 0.29) is 24.7 Å². The lowest BCUT2D eigenvalue weighted by atomic mass is 10.1. The predicted octanol–water partition coefficient (Wildman–Crippen LogP) is 1.04. The van der Waals surface area contributed by atoms with Crippen molar-refractivity contribution < 1.29 is 19.1 Å². The van der Waals surface area contributed by atoms with Gasteiger partial charge >= 0.3 is 5.97 Å². The maximum atomic E-state index is 11.4. The minimum Gasteiger partial charge on any atom is -0.454 e. The fourth-order valence-electron chi connectivity index (χ4n) is 0.989. The molecule has 0 rings (SSSR count). The monoisotopic (exact) mass is 243 g/mol. The Hall–Kier alpha value is -1.36. The Balaban J connectivity index is 3.91. The lowest BCUT2D eigenvalue weighted by Gasteiger charge is -2.20. The minimum atomic E-state index is -0.699. The summed E-state index contributed by atoms with van der Waals surface area (Å²) in [6.07, 6.45) is 0.839. The van der Waals surface area contributed by atoms with Crippen LogP contribution in [-0.4, -0.2) is 36.7 Å². The van der Waals surface area contributed by atoms with Crippen LogP contribution in [0.2, 0.25) is 0 Å². The largest absolute Gasteiger partial charge is 0.454 e. The Morgan fingerprint density at radius 1 is 1.41 bits per heavy atom. The van der Waals surface area contributed by atoms with Crippen LogP contribution in [0.4, 0.5) is 0 Å². The molecule has 0 saturated carbocycles. The van der Waals surface area contributed by atoms with Gasteiger partial charge in [-0.1, -0.05) is 6.08 Å². The Bertz CT molecular complexity index is 281. The summed E-state index contributed by atoms with van der Waals surface area (Å²) in [6, 6.07) is 0. The molecule has 1 amide bonds. The highest BCUT2D eigenvalue weighted by Gasteiger charge is 2.18. The first kappa shape index (κ1) is 15.6. The molecule has 1 N–H and O–H groups in total. The van der Waals surface area contributed by atoms with E-state index in [0.29, 0.717) is 0 Å². The van der Waals surface area contributed by atoms with Crippen LogP contribution >= 0.6 is 0 Å². The van der Waals surface area contributed by atoms with Crippen LogP contribution in [0.3, 0.4) is 0 Å². The third kappa shape index (κ3) is 8.45. The summed E-state index contributed by atoms with van der Waals surface area (Å²) in [4.78, 5) is 22.7. The SMILES string of the molecule is C=CCOC(C)C(=O)OCC(=O)NC(C)(C)C. The van der Waals surface area contributed by atoms with E-state index in [0.717, 1.165) is 0 Å². The second kappa shape index (κ2) is 7.06. The fraction of sp³-hybridized carbons (Fsp3) is 0.667. The highest BCUT2D eigenvalue weighted by atomic mass is 16.6. The number of rotatable bonds is 6. The van der Waals surface area contributed by atoms with E-state index < -0.39 is 12.1 Å². The molecule has 1 unspecified atom stereocenters. The molecule has 0 fully saturated rings. The molecule has 0 saturated heterocycles. The Morgan fingerprint density at radius 2 is 2.00 bits per heavy atom. The highest BCUT2D eigenvalue weighted by Crippen LogP contribution is 1.99. The molecular formula is C12H21NO4. The summed E-state index contributed by atoms with van der Waals surface area (Å²) in [5.74, 6) is -0.891. The molecule has 0 aliphatic heterocycles. The molecule has 0 aliphatic rings. The summed E-state index contributed by atoms with van der Waals surface area (Å²) in [5, 5.41) is 2.68. The van der Waals surface area contributed by atoms with Gasteiger partial charge in [0.25, 0.3) is 5.91 Å². The third-order valence-electron chi connectivity index (χ3n) is 1.66. The number of ether oxygens (including phenoxy) is 2. The van der Waals surface area contributed by atoms with Crippen molar-refractivity contribution in [1.29, 1.82) is 0 Å². The van der Waals surface area contributed by atoms with Crippen LogP contribution in [-0.2, 0) is 19.1 Å². The molecule has 17 heavy (non-hydrogen) atoms. The maximum absolute atomic E-state index is 11.4. The van der Waals surface area contributed by atoms with Gasteiger partial charge in [0.05, 0.1) is 6.61 Å². The van der Waals surface area contributed by atoms with Gasteiger partial charge < -0.3 is 14.8 Å². The van der Waals surface area contributed by atoms with Crippen LogP contribution in [0.5, 0.6) is 0 Å². The summed E-state index contributed by atoms with van der Waals surface area (Å²) < 4.78 is 9.86. The molecule has 0 spiro atoms. The van der Waals surface area contributed by atoms with Crippen LogP contribution < -0.4 is 5.32 Å². The maximum Gasteiger partial charge on any atom is 0.335 e. The number of carbonyl (C=O) groups excluding carboxylic acids is 2. The van der Waals surface area contributed by atoms with Crippen LogP contribution in [0, 0.1) is 0 Å². The molecule has 0 radical (unpaired) electrons. The molecule has 1 atom stereocenters. The molecule has 0 heterocycles. The van der Waals surface area contributed by atoms with Crippen molar-refractivity contribution in [2.75, 3.05) is 13.2 Å². The van der Waals surface area contributed by atoms with Gasteiger partial charge in [-0.25, -0.2) is 4.79 Å². The van der Waals surface area contributed by atoms with E-state index in [1.165, 1.54) is 6.08 Å². The average molecular weight is 243 g/mol. The number of carbonyl (C=O) groups is 2. The number of esters is 1. The zero-order chi connectivity index (χ0) is 13.5. The van der Waals surface area contributed by atoms with Crippen LogP contribution in [0.1, 0.15) is 27.7 Å². The molecule has 0 aliphatic carbocycles. The van der Waals surface area contributed by atoms with Gasteiger partial charge in [-0.15, -0.1) is 6.58 Å². The second-order valence-corrected chi connectivity index (χ2v) is 4.67. The van der Waals surface area contributed by atoms with Gasteiger partial charge in [-0.3, -0.25) is 4.79 Å². The summed E-state index contributed by atoms with van der Waals surface area (Å²) in [5.41, 5.74) is -0.339. The first-order valence-corrected chi connectivity index (χ1v) is 5.46. The highest BCUT2D eigenvalue weighted by molar-refractivity contribution is 5.82. The predicted molar refractivity (Wildman–Crippen MR) is 64.5 cm³/mol. The number of amides is 1. The van der Waals surface area contributed by atoms with E-state index in [9.17, 15) is 9.59 Å². The van der Waals surface area contributed by atoms with E-state index in [1.54, 1.807) is 6.92 Å². The normalized spacial score (nSPS) is 12.7. The zero-order valence-electron chi connectivity index (χ0n) is 10.9. The van der Waals surface area contributed by atoms with Crippen molar-refractivity contribution in [2.24, 2.45) is 0 Å². The smallest absolute Gasteiger partial charge is 0.335 e. The van der Waals surface area contributed by atoms with Crippen molar-refractivity contribution in [3.8, 4) is 0 Å². The van der Waals surface area contributed by atoms with Crippen molar-refractivity contribution in [3.05, 3.63) is 12.7 Å². The first-order valence-electron chi connectivity index (χ1n) is 5.46. The van der Waals surface area contributed by atoms with Gasteiger partial charge in [0.15, 0.2) is 12.7 Å². The van der Waals surface area contributed by atoms with E-state index >= 15 is 0 Å². The number of hydrogen-bond donors (Lipinski definition) is 1. The lowest BCUT2D eigenvalue weighted by Crippen LogP contribution is -2.43. The standard InChI is InChI=1S/C12H21NO4/c1-6-7-16-9(2)11(15)17-8-10(14)13-12(3,4)5/h6,9H,1,7-8H2,2-5H3,(H,13,14). The Labute approximate surface area is 102 Å². The van der Waals surface area contributed by atoms with Crippen LogP contribution in [0.25, 0.3) is 0 Å². The molecule has 0 aromatic carbocycles. The number of nitrogens with one attached hydrogen (secondary N) is 1. The van der Waals surface area contributed by atoms with Crippen molar-refractivity contribution in [1.82, 2.24) is 5.32 Å². The Kier molecular flexibility index (Phi) is 6.50.